The van der Waals surface area contributed by atoms with Crippen molar-refractivity contribution in [3.63, 3.8) is 0 Å². The topological polar surface area (TPSA) is 39.9 Å². The number of piperidine rings is 1. The minimum Gasteiger partial charge on any atom is -0.370 e. The van der Waals surface area contributed by atoms with Gasteiger partial charge in [0.25, 0.3) is 0 Å². The largest absolute Gasteiger partial charge is 0.370 e. The Bertz CT molecular complexity index is 1350. The molecule has 1 fully saturated rings. The highest BCUT2D eigenvalue weighted by atomic mass is 16.6. The first-order valence-electron chi connectivity index (χ1n) is 15.5. The zero-order valence-electron chi connectivity index (χ0n) is 25.2. The molecule has 0 aliphatic carbocycles. The van der Waals surface area contributed by atoms with Crippen molar-refractivity contribution in [1.29, 1.82) is 0 Å². The van der Waals surface area contributed by atoms with Crippen molar-refractivity contribution in [1.82, 2.24) is 0 Å². The highest BCUT2D eigenvalue weighted by Gasteiger charge is 2.49. The molecular formula is C38H44NO4+. The fourth-order valence-corrected chi connectivity index (χ4v) is 5.50. The predicted molar refractivity (Wildman–Crippen MR) is 171 cm³/mol. The fraction of sp³-hybridized carbons (Fsp3) is 0.342. The highest BCUT2D eigenvalue weighted by Crippen LogP contribution is 2.27. The molecule has 0 saturated carbocycles. The van der Waals surface area contributed by atoms with Crippen molar-refractivity contribution in [2.45, 2.75) is 70.5 Å². The van der Waals surface area contributed by atoms with Gasteiger partial charge in [-0.1, -0.05) is 128 Å². The van der Waals surface area contributed by atoms with Gasteiger partial charge in [0, 0.05) is 6.42 Å². The molecule has 4 atom stereocenters. The molecule has 1 saturated heterocycles. The van der Waals surface area contributed by atoms with E-state index in [0.29, 0.717) is 39.6 Å². The quantitative estimate of drug-likeness (QED) is 0.140. The third-order valence-electron chi connectivity index (χ3n) is 7.82. The van der Waals surface area contributed by atoms with Gasteiger partial charge in [0.15, 0.2) is 12.6 Å². The van der Waals surface area contributed by atoms with E-state index in [4.69, 9.17) is 18.9 Å². The second kappa shape index (κ2) is 16.9. The third-order valence-corrected chi connectivity index (χ3v) is 7.82. The number of hydrogen-bond acceptors (Lipinski definition) is 4. The van der Waals surface area contributed by atoms with E-state index in [-0.39, 0.29) is 24.4 Å². The van der Waals surface area contributed by atoms with Crippen LogP contribution >= 0.6 is 0 Å². The summed E-state index contributed by atoms with van der Waals surface area (Å²) in [6, 6.07) is 41.3. The van der Waals surface area contributed by atoms with Crippen molar-refractivity contribution in [2.24, 2.45) is 0 Å². The molecule has 5 nitrogen and oxygen atoms in total. The summed E-state index contributed by atoms with van der Waals surface area (Å²) in [5.41, 5.74) is 4.56. The standard InChI is InChI=1S/C38H44NO4/c1-2-3-24-39-25-36(41-27-32-18-10-5-11-19-32)38(43-29-34-22-14-7-15-23-34)37(42-28-33-20-12-6-13-21-33)35(39)30-40-26-31-16-8-4-9-17-31/h4-24,35-38H,2-3,25-30H2,1H3/q+1. The van der Waals surface area contributed by atoms with Crippen LogP contribution in [0.25, 0.3) is 0 Å². The molecule has 1 aliphatic rings. The molecule has 224 valence electrons. The van der Waals surface area contributed by atoms with Gasteiger partial charge in [0.2, 0.25) is 6.04 Å². The highest BCUT2D eigenvalue weighted by molar-refractivity contribution is 5.51. The maximum absolute atomic E-state index is 6.83. The van der Waals surface area contributed by atoms with Gasteiger partial charge in [-0.15, -0.1) is 0 Å². The van der Waals surface area contributed by atoms with Crippen LogP contribution in [0.5, 0.6) is 0 Å². The summed E-state index contributed by atoms with van der Waals surface area (Å²) >= 11 is 0. The van der Waals surface area contributed by atoms with Crippen LogP contribution in [0, 0.1) is 0 Å². The lowest BCUT2D eigenvalue weighted by Gasteiger charge is -2.40. The summed E-state index contributed by atoms with van der Waals surface area (Å²) in [6.07, 6.45) is 3.59. The molecule has 1 aliphatic heterocycles. The maximum atomic E-state index is 6.83. The molecule has 0 spiro atoms. The first-order chi connectivity index (χ1) is 21.3. The SMILES string of the molecule is CCCC=[N+]1CC(OCc2ccccc2)C(OCc2ccccc2)C(OCc2ccccc2)C1COCc1ccccc1. The second-order valence-electron chi connectivity index (χ2n) is 11.1. The van der Waals surface area contributed by atoms with Crippen LogP contribution in [0.3, 0.4) is 0 Å². The number of rotatable bonds is 15. The summed E-state index contributed by atoms with van der Waals surface area (Å²) in [7, 11) is 0. The van der Waals surface area contributed by atoms with Crippen molar-refractivity contribution in [2.75, 3.05) is 13.2 Å². The molecule has 0 bridgehead atoms. The van der Waals surface area contributed by atoms with E-state index in [1.807, 2.05) is 36.4 Å². The number of hydrogen-bond donors (Lipinski definition) is 0. The van der Waals surface area contributed by atoms with Crippen LogP contribution in [0.4, 0.5) is 0 Å². The smallest absolute Gasteiger partial charge is 0.204 e. The average Bonchev–Trinajstić information content (AvgIpc) is 3.07. The van der Waals surface area contributed by atoms with Gasteiger partial charge in [-0.2, -0.15) is 0 Å². The van der Waals surface area contributed by atoms with Crippen LogP contribution in [0.1, 0.15) is 42.0 Å². The lowest BCUT2D eigenvalue weighted by molar-refractivity contribution is -0.606. The van der Waals surface area contributed by atoms with Gasteiger partial charge in [0.05, 0.1) is 26.4 Å². The van der Waals surface area contributed by atoms with Crippen LogP contribution < -0.4 is 0 Å². The Morgan fingerprint density at radius 2 is 1.02 bits per heavy atom. The van der Waals surface area contributed by atoms with E-state index >= 15 is 0 Å². The Hall–Kier alpha value is -3.61. The van der Waals surface area contributed by atoms with E-state index < -0.39 is 0 Å². The summed E-state index contributed by atoms with van der Waals surface area (Å²) < 4.78 is 29.1. The van der Waals surface area contributed by atoms with Gasteiger partial charge in [-0.05, 0) is 28.7 Å². The lowest BCUT2D eigenvalue weighted by Crippen LogP contribution is -2.62. The van der Waals surface area contributed by atoms with E-state index in [0.717, 1.165) is 35.1 Å². The first kappa shape index (κ1) is 30.8. The molecule has 0 radical (unpaired) electrons. The van der Waals surface area contributed by atoms with Crippen molar-refractivity contribution >= 4 is 6.21 Å². The number of unbranched alkanes of at least 4 members (excludes halogenated alkanes) is 1. The van der Waals surface area contributed by atoms with E-state index in [1.165, 1.54) is 0 Å². The monoisotopic (exact) mass is 578 g/mol. The molecule has 0 N–H and O–H groups in total. The zero-order chi connectivity index (χ0) is 29.5. The van der Waals surface area contributed by atoms with E-state index in [1.54, 1.807) is 0 Å². The van der Waals surface area contributed by atoms with Crippen LogP contribution in [-0.2, 0) is 45.4 Å². The fourth-order valence-electron chi connectivity index (χ4n) is 5.50. The average molecular weight is 579 g/mol. The first-order valence-corrected chi connectivity index (χ1v) is 15.5. The summed E-state index contributed by atoms with van der Waals surface area (Å²) in [4.78, 5) is 0. The van der Waals surface area contributed by atoms with E-state index in [2.05, 4.69) is 103 Å². The summed E-state index contributed by atoms with van der Waals surface area (Å²) in [5, 5.41) is 0. The van der Waals surface area contributed by atoms with E-state index in [9.17, 15) is 0 Å². The number of nitrogens with zero attached hydrogens (tertiary/aromatic N) is 1. The predicted octanol–water partition coefficient (Wildman–Crippen LogP) is 7.23. The number of ether oxygens (including phenoxy) is 4. The van der Waals surface area contributed by atoms with Gasteiger partial charge in [-0.25, -0.2) is 4.58 Å². The Morgan fingerprint density at radius 1 is 0.581 bits per heavy atom. The van der Waals surface area contributed by atoms with Crippen LogP contribution in [-0.4, -0.2) is 48.3 Å². The molecule has 43 heavy (non-hydrogen) atoms. The Morgan fingerprint density at radius 3 is 1.51 bits per heavy atom. The number of benzene rings is 4. The van der Waals surface area contributed by atoms with Crippen LogP contribution in [0.15, 0.2) is 121 Å². The maximum Gasteiger partial charge on any atom is 0.204 e. The lowest BCUT2D eigenvalue weighted by atomic mass is 9.94. The normalized spacial score (nSPS) is 21.2. The zero-order valence-corrected chi connectivity index (χ0v) is 25.2. The Kier molecular flexibility index (Phi) is 12.1. The third kappa shape index (κ3) is 9.44. The van der Waals surface area contributed by atoms with Gasteiger partial charge in [-0.3, -0.25) is 0 Å². The minimum atomic E-state index is -0.288. The van der Waals surface area contributed by atoms with Crippen LogP contribution in [0.2, 0.25) is 0 Å². The van der Waals surface area contributed by atoms with Gasteiger partial charge >= 0.3 is 0 Å². The summed E-state index contributed by atoms with van der Waals surface area (Å²) in [6.45, 7) is 5.46. The van der Waals surface area contributed by atoms with Crippen molar-refractivity contribution < 1.29 is 23.5 Å². The summed E-state index contributed by atoms with van der Waals surface area (Å²) in [5.74, 6) is 0. The molecule has 4 aromatic rings. The molecule has 0 amide bonds. The molecule has 4 aromatic carbocycles. The van der Waals surface area contributed by atoms with Crippen molar-refractivity contribution in [3.8, 4) is 0 Å². The molecule has 4 unspecified atom stereocenters. The van der Waals surface area contributed by atoms with Crippen molar-refractivity contribution in [3.05, 3.63) is 144 Å². The van der Waals surface area contributed by atoms with Gasteiger partial charge in [0.1, 0.15) is 25.0 Å². The molecule has 0 aromatic heterocycles. The molecule has 1 heterocycles. The van der Waals surface area contributed by atoms with Gasteiger partial charge < -0.3 is 18.9 Å². The molecular weight excluding hydrogens is 534 g/mol. The Labute approximate surface area is 256 Å². The second-order valence-corrected chi connectivity index (χ2v) is 11.1. The molecule has 5 rings (SSSR count). The Balaban J connectivity index is 1.43. The molecule has 5 heteroatoms. The minimum absolute atomic E-state index is 0.0312.